The van der Waals surface area contributed by atoms with Crippen molar-refractivity contribution in [3.63, 3.8) is 0 Å². The first-order valence-corrected chi connectivity index (χ1v) is 12.4. The highest BCUT2D eigenvalue weighted by molar-refractivity contribution is 5.91. The van der Waals surface area contributed by atoms with Gasteiger partial charge in [-0.1, -0.05) is 18.2 Å². The van der Waals surface area contributed by atoms with Gasteiger partial charge in [0.15, 0.2) is 6.23 Å². The van der Waals surface area contributed by atoms with Gasteiger partial charge < -0.3 is 26.4 Å². The topological polar surface area (TPSA) is 135 Å². The van der Waals surface area contributed by atoms with Gasteiger partial charge in [0.05, 0.1) is 16.7 Å². The Kier molecular flexibility index (Phi) is 6.64. The average Bonchev–Trinajstić information content (AvgIpc) is 3.72. The molecule has 0 saturated heterocycles. The summed E-state index contributed by atoms with van der Waals surface area (Å²) in [5.74, 6) is -0.636. The smallest absolute Gasteiger partial charge is 0.336 e. The van der Waals surface area contributed by atoms with E-state index in [1.54, 1.807) is 50.4 Å². The summed E-state index contributed by atoms with van der Waals surface area (Å²) in [4.78, 5) is 41.3. The zero-order chi connectivity index (χ0) is 27.1. The van der Waals surface area contributed by atoms with Crippen LogP contribution in [0.2, 0.25) is 0 Å². The lowest BCUT2D eigenvalue weighted by Gasteiger charge is -2.33. The molecule has 2 heterocycles. The number of rotatable bonds is 7. The average molecular weight is 521 g/mol. The van der Waals surface area contributed by atoms with Gasteiger partial charge in [-0.2, -0.15) is 0 Å². The van der Waals surface area contributed by atoms with Crippen molar-refractivity contribution in [3.05, 3.63) is 85.8 Å². The van der Waals surface area contributed by atoms with E-state index in [0.29, 0.717) is 29.8 Å². The second-order valence-corrected chi connectivity index (χ2v) is 9.51. The molecule has 1 aliphatic carbocycles. The number of carbonyl (C=O) groups is 1. The quantitative estimate of drug-likeness (QED) is 0.354. The van der Waals surface area contributed by atoms with Gasteiger partial charge in [-0.05, 0) is 50.1 Å². The van der Waals surface area contributed by atoms with E-state index in [2.05, 4.69) is 10.6 Å². The van der Waals surface area contributed by atoms with Gasteiger partial charge in [-0.3, -0.25) is 18.7 Å². The third-order valence-electron chi connectivity index (χ3n) is 6.81. The van der Waals surface area contributed by atoms with Crippen molar-refractivity contribution in [3.8, 4) is 5.69 Å². The molecule has 198 valence electrons. The standard InChI is InChI=1S/C27H29FN6O4/c1-15-23-22(24(32(2)25(15)36)31-20-9-4-3-8-19(20)28)26(37)34(17-10-11-17)27(38)33(23)18-7-5-6-16(14-18)30-21(35)12-13-29/h3-9,14,17,25,31,36H,10-13,29H2,1-2H3,(H,30,35). The van der Waals surface area contributed by atoms with E-state index in [4.69, 9.17) is 5.73 Å². The number of nitrogens with two attached hydrogens (primary N) is 1. The van der Waals surface area contributed by atoms with Crippen LogP contribution in [0, 0.1) is 5.82 Å². The molecular weight excluding hydrogens is 491 g/mol. The SMILES string of the molecule is CC1=c2c(c(=O)n(C3CC3)c(=O)n2-c2cccc(NC(=O)CCN)c2)=C(Nc2ccccc2F)N(C)C1O. The number of hydrogen-bond acceptors (Lipinski definition) is 7. The van der Waals surface area contributed by atoms with Crippen molar-refractivity contribution in [2.45, 2.75) is 38.5 Å². The summed E-state index contributed by atoms with van der Waals surface area (Å²) in [6, 6.07) is 12.4. The Morgan fingerprint density at radius 3 is 2.58 bits per heavy atom. The summed E-state index contributed by atoms with van der Waals surface area (Å²) >= 11 is 0. The van der Waals surface area contributed by atoms with Gasteiger partial charge in [0.2, 0.25) is 5.91 Å². The fraction of sp³-hybridized carbons (Fsp3) is 0.296. The molecule has 0 bridgehead atoms. The van der Waals surface area contributed by atoms with Gasteiger partial charge in [-0.15, -0.1) is 0 Å². The molecular formula is C27H29FN6O4. The largest absolute Gasteiger partial charge is 0.369 e. The Labute approximate surface area is 217 Å². The normalized spacial score (nSPS) is 16.9. The molecule has 0 radical (unpaired) electrons. The first-order valence-electron chi connectivity index (χ1n) is 12.4. The van der Waals surface area contributed by atoms with Gasteiger partial charge >= 0.3 is 5.69 Å². The van der Waals surface area contributed by atoms with Crippen LogP contribution in [0.1, 0.15) is 32.2 Å². The van der Waals surface area contributed by atoms with Crippen LogP contribution in [0.25, 0.3) is 17.1 Å². The Bertz CT molecular complexity index is 1670. The molecule has 3 aromatic rings. The maximum absolute atomic E-state index is 14.6. The van der Waals surface area contributed by atoms with Crippen LogP contribution in [-0.4, -0.2) is 44.9 Å². The van der Waals surface area contributed by atoms with Crippen molar-refractivity contribution in [1.29, 1.82) is 0 Å². The molecule has 5 N–H and O–H groups in total. The van der Waals surface area contributed by atoms with Crippen molar-refractivity contribution in [2.24, 2.45) is 5.73 Å². The predicted molar refractivity (Wildman–Crippen MR) is 142 cm³/mol. The zero-order valence-electron chi connectivity index (χ0n) is 21.1. The minimum Gasteiger partial charge on any atom is -0.369 e. The lowest BCUT2D eigenvalue weighted by molar-refractivity contribution is -0.116. The minimum atomic E-state index is -1.20. The lowest BCUT2D eigenvalue weighted by Crippen LogP contribution is -2.64. The number of halogens is 1. The lowest BCUT2D eigenvalue weighted by atomic mass is 10.1. The third-order valence-corrected chi connectivity index (χ3v) is 6.81. The summed E-state index contributed by atoms with van der Waals surface area (Å²) in [6.45, 7) is 1.83. The fourth-order valence-corrected chi connectivity index (χ4v) is 4.73. The van der Waals surface area contributed by atoms with Crippen molar-refractivity contribution >= 4 is 28.7 Å². The number of para-hydroxylation sites is 1. The molecule has 1 unspecified atom stereocenters. The van der Waals surface area contributed by atoms with E-state index in [-0.39, 0.29) is 47.0 Å². The summed E-state index contributed by atoms with van der Waals surface area (Å²) in [7, 11) is 1.59. The summed E-state index contributed by atoms with van der Waals surface area (Å²) in [5, 5.41) is 17.2. The number of nitrogens with zero attached hydrogens (tertiary/aromatic N) is 3. The van der Waals surface area contributed by atoms with Gasteiger partial charge in [0.1, 0.15) is 16.9 Å². The zero-order valence-corrected chi connectivity index (χ0v) is 21.1. The molecule has 1 aliphatic heterocycles. The Balaban J connectivity index is 1.85. The van der Waals surface area contributed by atoms with Gasteiger partial charge in [0.25, 0.3) is 5.56 Å². The molecule has 2 aliphatic rings. The third kappa shape index (κ3) is 4.39. The van der Waals surface area contributed by atoms with E-state index in [9.17, 15) is 23.9 Å². The maximum Gasteiger partial charge on any atom is 0.336 e. The Hall–Kier alpha value is -4.22. The van der Waals surface area contributed by atoms with Crippen LogP contribution in [0.4, 0.5) is 15.8 Å². The molecule has 10 nitrogen and oxygen atoms in total. The van der Waals surface area contributed by atoms with Crippen LogP contribution < -0.4 is 38.2 Å². The number of nitrogens with one attached hydrogen (secondary N) is 2. The molecule has 5 rings (SSSR count). The highest BCUT2D eigenvalue weighted by Gasteiger charge is 2.33. The number of fused-ring (bicyclic) bond motifs is 1. The number of carbonyl (C=O) groups excluding carboxylic acids is 1. The molecule has 0 spiro atoms. The van der Waals surface area contributed by atoms with E-state index in [0.717, 1.165) is 0 Å². The van der Waals surface area contributed by atoms with Crippen LogP contribution in [0.5, 0.6) is 0 Å². The second kappa shape index (κ2) is 9.92. The number of anilines is 2. The van der Waals surface area contributed by atoms with Crippen LogP contribution in [0.15, 0.2) is 58.1 Å². The van der Waals surface area contributed by atoms with Crippen LogP contribution in [0.3, 0.4) is 0 Å². The van der Waals surface area contributed by atoms with Crippen LogP contribution >= 0.6 is 0 Å². The minimum absolute atomic E-state index is 0.117. The number of amides is 1. The second-order valence-electron chi connectivity index (χ2n) is 9.51. The van der Waals surface area contributed by atoms with E-state index in [1.807, 2.05) is 0 Å². The molecule has 1 saturated carbocycles. The van der Waals surface area contributed by atoms with Crippen molar-refractivity contribution < 1.29 is 14.3 Å². The Morgan fingerprint density at radius 1 is 1.16 bits per heavy atom. The number of aliphatic hydroxyl groups excluding tert-OH is 1. The highest BCUT2D eigenvalue weighted by Crippen LogP contribution is 2.32. The first-order chi connectivity index (χ1) is 18.2. The molecule has 11 heteroatoms. The van der Waals surface area contributed by atoms with E-state index < -0.39 is 23.3 Å². The number of benzene rings is 2. The molecule has 1 fully saturated rings. The molecule has 1 amide bonds. The fourth-order valence-electron chi connectivity index (χ4n) is 4.73. The molecule has 38 heavy (non-hydrogen) atoms. The van der Waals surface area contributed by atoms with Gasteiger partial charge in [0, 0.05) is 37.3 Å². The summed E-state index contributed by atoms with van der Waals surface area (Å²) < 4.78 is 17.2. The number of aliphatic hydroxyl groups is 1. The summed E-state index contributed by atoms with van der Waals surface area (Å²) in [6.07, 6.45) is 0.296. The highest BCUT2D eigenvalue weighted by atomic mass is 19.1. The molecule has 1 aromatic heterocycles. The number of aromatic nitrogens is 2. The van der Waals surface area contributed by atoms with E-state index in [1.165, 1.54) is 26.2 Å². The number of hydrogen-bond donors (Lipinski definition) is 4. The summed E-state index contributed by atoms with van der Waals surface area (Å²) in [5.41, 5.74) is 5.74. The van der Waals surface area contributed by atoms with Gasteiger partial charge in [-0.25, -0.2) is 9.18 Å². The molecule has 2 aromatic carbocycles. The first kappa shape index (κ1) is 25.4. The van der Waals surface area contributed by atoms with Crippen molar-refractivity contribution in [1.82, 2.24) is 14.0 Å². The van der Waals surface area contributed by atoms with Crippen LogP contribution in [-0.2, 0) is 4.79 Å². The Morgan fingerprint density at radius 2 is 1.89 bits per heavy atom. The maximum atomic E-state index is 14.6. The van der Waals surface area contributed by atoms with Crippen molar-refractivity contribution in [2.75, 3.05) is 24.2 Å². The predicted octanol–water partition coefficient (Wildman–Crippen LogP) is 0.373. The monoisotopic (exact) mass is 520 g/mol. The van der Waals surface area contributed by atoms with E-state index >= 15 is 0 Å². The molecule has 1 atom stereocenters.